The van der Waals surface area contributed by atoms with Crippen molar-refractivity contribution in [2.75, 3.05) is 33.7 Å². The first-order chi connectivity index (χ1) is 23.6. The van der Waals surface area contributed by atoms with Gasteiger partial charge in [-0.05, 0) is 99.3 Å². The Morgan fingerprint density at radius 3 is 2.10 bits per heavy atom. The van der Waals surface area contributed by atoms with Gasteiger partial charge < -0.3 is 19.3 Å². The first-order valence-electron chi connectivity index (χ1n) is 17.7. The molecule has 7 rings (SSSR count). The lowest BCUT2D eigenvalue weighted by atomic mass is 9.84. The third kappa shape index (κ3) is 6.22. The Bertz CT molecular complexity index is 2090. The number of hydrogen-bond acceptors (Lipinski definition) is 4. The van der Waals surface area contributed by atoms with Crippen LogP contribution in [-0.2, 0) is 13.0 Å². The number of hydrogen-bond donors (Lipinski definition) is 1. The number of aromatic nitrogens is 1. The van der Waals surface area contributed by atoms with Gasteiger partial charge in [-0.1, -0.05) is 80.6 Å². The zero-order valence-corrected chi connectivity index (χ0v) is 30.0. The second-order valence-electron chi connectivity index (χ2n) is 14.5. The van der Waals surface area contributed by atoms with Crippen LogP contribution in [0.1, 0.15) is 66.2 Å². The van der Waals surface area contributed by atoms with Gasteiger partial charge in [0.15, 0.2) is 0 Å². The van der Waals surface area contributed by atoms with Crippen molar-refractivity contribution in [1.29, 1.82) is 0 Å². The Hall–Kier alpha value is -4.58. The maximum atomic E-state index is 11.9. The maximum Gasteiger partial charge on any atom is 0.142 e. The average molecular weight is 652 g/mol. The monoisotopic (exact) mass is 651 g/mol. The van der Waals surface area contributed by atoms with E-state index in [1.54, 1.807) is 0 Å². The second kappa shape index (κ2) is 13.4. The highest BCUT2D eigenvalue weighted by molar-refractivity contribution is 6.09. The van der Waals surface area contributed by atoms with Crippen LogP contribution in [0.2, 0.25) is 0 Å². The van der Waals surface area contributed by atoms with Crippen LogP contribution in [0.3, 0.4) is 0 Å². The minimum Gasteiger partial charge on any atom is -0.505 e. The van der Waals surface area contributed by atoms with Crippen LogP contribution in [0.4, 0.5) is 0 Å². The summed E-state index contributed by atoms with van der Waals surface area (Å²) in [6.07, 6.45) is 0.720. The molecule has 0 radical (unpaired) electrons. The molecule has 0 fully saturated rings. The molecule has 0 spiro atoms. The molecule has 2 heterocycles. The van der Waals surface area contributed by atoms with Gasteiger partial charge in [-0.15, -0.1) is 0 Å². The van der Waals surface area contributed by atoms with Crippen molar-refractivity contribution in [3.63, 3.8) is 0 Å². The third-order valence-corrected chi connectivity index (χ3v) is 10.2. The van der Waals surface area contributed by atoms with E-state index in [1.807, 2.05) is 0 Å². The predicted octanol–water partition coefficient (Wildman–Crippen LogP) is 9.96. The van der Waals surface area contributed by atoms with Crippen molar-refractivity contribution in [2.24, 2.45) is 0 Å². The number of aromatic hydroxyl groups is 1. The molecule has 5 heteroatoms. The van der Waals surface area contributed by atoms with Crippen molar-refractivity contribution in [1.82, 2.24) is 14.4 Å². The SMILES string of the molecule is Cc1cc(CN(CCc2cc(C)cc(-n3c4ccccc4c4ccccc43)c2O)CCN(C)C)c2c(c1)-c1c(C(C)C)cccc1C(C)O2. The molecular weight excluding hydrogens is 603 g/mol. The van der Waals surface area contributed by atoms with Crippen LogP contribution < -0.4 is 4.74 Å². The zero-order valence-electron chi connectivity index (χ0n) is 30.0. The third-order valence-electron chi connectivity index (χ3n) is 10.2. The molecule has 5 aromatic carbocycles. The highest BCUT2D eigenvalue weighted by atomic mass is 16.5. The van der Waals surface area contributed by atoms with Crippen LogP contribution in [0.25, 0.3) is 38.6 Å². The van der Waals surface area contributed by atoms with E-state index < -0.39 is 0 Å². The lowest BCUT2D eigenvalue weighted by Crippen LogP contribution is -2.33. The van der Waals surface area contributed by atoms with Crippen LogP contribution >= 0.6 is 0 Å². The van der Waals surface area contributed by atoms with Gasteiger partial charge in [0, 0.05) is 53.6 Å². The Morgan fingerprint density at radius 1 is 0.776 bits per heavy atom. The molecule has 0 aliphatic carbocycles. The van der Waals surface area contributed by atoms with Gasteiger partial charge in [-0.2, -0.15) is 0 Å². The highest BCUT2D eigenvalue weighted by Gasteiger charge is 2.29. The van der Waals surface area contributed by atoms with Gasteiger partial charge in [0.1, 0.15) is 17.6 Å². The molecule has 252 valence electrons. The smallest absolute Gasteiger partial charge is 0.142 e. The minimum atomic E-state index is -0.0126. The quantitative estimate of drug-likeness (QED) is 0.160. The van der Waals surface area contributed by atoms with E-state index in [1.165, 1.54) is 44.2 Å². The Kier molecular flexibility index (Phi) is 8.99. The molecule has 1 aliphatic heterocycles. The Labute approximate surface area is 291 Å². The summed E-state index contributed by atoms with van der Waals surface area (Å²) < 4.78 is 8.97. The maximum absolute atomic E-state index is 11.9. The lowest BCUT2D eigenvalue weighted by molar-refractivity contribution is 0.206. The molecule has 0 saturated carbocycles. The molecule has 1 N–H and O–H groups in total. The molecule has 1 aromatic heterocycles. The summed E-state index contributed by atoms with van der Waals surface area (Å²) in [5, 5.41) is 14.3. The van der Waals surface area contributed by atoms with E-state index in [9.17, 15) is 5.11 Å². The van der Waals surface area contributed by atoms with E-state index in [2.05, 4.69) is 154 Å². The standard InChI is InChI=1S/C44H49N3O2/c1-28(2)34-15-12-16-35-31(5)49-44-33(24-29(3)25-38(44)42(34)35)27-46(22-21-45(6)7)20-19-32-23-30(4)26-41(43(32)48)47-39-17-10-8-13-36(39)37-14-9-11-18-40(37)47/h8-18,23-26,28,31,48H,19-22,27H2,1-7H3. The highest BCUT2D eigenvalue weighted by Crippen LogP contribution is 2.48. The van der Waals surface area contributed by atoms with Gasteiger partial charge in [0.25, 0.3) is 0 Å². The van der Waals surface area contributed by atoms with Crippen LogP contribution in [0.5, 0.6) is 11.5 Å². The van der Waals surface area contributed by atoms with Crippen LogP contribution in [-0.4, -0.2) is 53.2 Å². The molecule has 1 atom stereocenters. The molecule has 1 unspecified atom stereocenters. The van der Waals surface area contributed by atoms with Gasteiger partial charge in [0.05, 0.1) is 16.7 Å². The van der Waals surface area contributed by atoms with Gasteiger partial charge in [0.2, 0.25) is 0 Å². The summed E-state index contributed by atoms with van der Waals surface area (Å²) in [5.41, 5.74) is 12.8. The van der Waals surface area contributed by atoms with E-state index in [4.69, 9.17) is 4.74 Å². The number of rotatable bonds is 10. The number of aryl methyl sites for hydroxylation is 2. The number of ether oxygens (including phenoxy) is 1. The molecule has 6 aromatic rings. The lowest BCUT2D eigenvalue weighted by Gasteiger charge is -2.32. The molecule has 49 heavy (non-hydrogen) atoms. The molecule has 0 amide bonds. The van der Waals surface area contributed by atoms with Crippen LogP contribution in [0.15, 0.2) is 91.0 Å². The first-order valence-corrected chi connectivity index (χ1v) is 17.7. The number of fused-ring (bicyclic) bond motifs is 6. The van der Waals surface area contributed by atoms with Crippen molar-refractivity contribution < 1.29 is 9.84 Å². The topological polar surface area (TPSA) is 40.9 Å². The molecule has 0 bridgehead atoms. The number of benzene rings is 5. The van der Waals surface area contributed by atoms with Gasteiger partial charge in [-0.3, -0.25) is 4.90 Å². The Morgan fingerprint density at radius 2 is 1.43 bits per heavy atom. The van der Waals surface area contributed by atoms with E-state index in [0.29, 0.717) is 11.7 Å². The summed E-state index contributed by atoms with van der Waals surface area (Å²) in [4.78, 5) is 4.77. The van der Waals surface area contributed by atoms with Crippen molar-refractivity contribution in [2.45, 2.75) is 59.6 Å². The summed E-state index contributed by atoms with van der Waals surface area (Å²) in [5.74, 6) is 1.79. The number of nitrogens with zero attached hydrogens (tertiary/aromatic N) is 3. The zero-order chi connectivity index (χ0) is 34.4. The average Bonchev–Trinajstić information content (AvgIpc) is 3.41. The second-order valence-corrected chi connectivity index (χ2v) is 14.5. The fraction of sp³-hybridized carbons (Fsp3) is 0.318. The van der Waals surface area contributed by atoms with Crippen molar-refractivity contribution in [3.8, 4) is 28.3 Å². The molecule has 1 aliphatic rings. The normalized spacial score (nSPS) is 14.2. The van der Waals surface area contributed by atoms with Gasteiger partial charge in [-0.25, -0.2) is 0 Å². The fourth-order valence-electron chi connectivity index (χ4n) is 7.76. The molecule has 0 saturated heterocycles. The summed E-state index contributed by atoms with van der Waals surface area (Å²) >= 11 is 0. The minimum absolute atomic E-state index is 0.0126. The summed E-state index contributed by atoms with van der Waals surface area (Å²) in [7, 11) is 4.26. The molecule has 5 nitrogen and oxygen atoms in total. The summed E-state index contributed by atoms with van der Waals surface area (Å²) in [6.45, 7) is 14.5. The van der Waals surface area contributed by atoms with E-state index in [-0.39, 0.29) is 6.10 Å². The molecular formula is C44H49N3O2. The summed E-state index contributed by atoms with van der Waals surface area (Å²) in [6, 6.07) is 32.5. The van der Waals surface area contributed by atoms with E-state index >= 15 is 0 Å². The number of likely N-dealkylation sites (N-methyl/N-ethyl adjacent to an activating group) is 1. The number of phenols is 1. The predicted molar refractivity (Wildman–Crippen MR) is 204 cm³/mol. The Balaban J connectivity index is 1.24. The van der Waals surface area contributed by atoms with E-state index in [0.717, 1.165) is 66.2 Å². The number of para-hydroxylation sites is 2. The number of phenolic OH excluding ortho intramolecular Hbond substituents is 1. The fourth-order valence-corrected chi connectivity index (χ4v) is 7.76. The largest absolute Gasteiger partial charge is 0.505 e. The van der Waals surface area contributed by atoms with Crippen molar-refractivity contribution in [3.05, 3.63) is 124 Å². The van der Waals surface area contributed by atoms with Crippen molar-refractivity contribution >= 4 is 21.8 Å². The first kappa shape index (κ1) is 32.9. The van der Waals surface area contributed by atoms with Gasteiger partial charge >= 0.3 is 0 Å². The van der Waals surface area contributed by atoms with Crippen LogP contribution in [0, 0.1) is 13.8 Å².